The molecule has 2 atom stereocenters. The average Bonchev–Trinajstić information content (AvgIpc) is 3.02. The third-order valence-corrected chi connectivity index (χ3v) is 10.3. The van der Waals surface area contributed by atoms with Crippen LogP contribution in [-0.2, 0) is 32.6 Å². The van der Waals surface area contributed by atoms with Crippen molar-refractivity contribution in [2.24, 2.45) is 0 Å². The lowest BCUT2D eigenvalue weighted by Crippen LogP contribution is -2.54. The third kappa shape index (κ3) is 8.69. The predicted molar refractivity (Wildman–Crippen MR) is 186 cm³/mol. The van der Waals surface area contributed by atoms with Crippen molar-refractivity contribution in [3.63, 3.8) is 0 Å². The summed E-state index contributed by atoms with van der Waals surface area (Å²) in [6.45, 7) is 6.90. The van der Waals surface area contributed by atoms with Gasteiger partial charge in [-0.25, -0.2) is 8.42 Å². The van der Waals surface area contributed by atoms with Crippen LogP contribution >= 0.6 is 23.2 Å². The average molecular weight is 681 g/mol. The standard InChI is InChI=1S/C36H39Cl2N3O4S/c1-5-27(4)39-36(43)34(22-28-13-8-6-9-14-28)40(23-31-32(37)17-12-18-33(31)38)35(42)24-41(29-20-25(2)19-26(3)21-29)46(44,45)30-15-10-7-11-16-30/h6-21,27,34H,5,22-24H2,1-4H3,(H,39,43)/t27-,34+/m1/s1. The van der Waals surface area contributed by atoms with Gasteiger partial charge in [0.05, 0.1) is 10.6 Å². The zero-order valence-electron chi connectivity index (χ0n) is 26.4. The summed E-state index contributed by atoms with van der Waals surface area (Å²) >= 11 is 13.2. The molecule has 10 heteroatoms. The molecule has 0 saturated carbocycles. The fraction of sp³-hybridized carbons (Fsp3) is 0.278. The van der Waals surface area contributed by atoms with Crippen LogP contribution in [0.1, 0.15) is 42.5 Å². The zero-order chi connectivity index (χ0) is 33.4. The number of aryl methyl sites for hydroxylation is 2. The van der Waals surface area contributed by atoms with Gasteiger partial charge in [-0.3, -0.25) is 13.9 Å². The monoisotopic (exact) mass is 679 g/mol. The highest BCUT2D eigenvalue weighted by atomic mass is 35.5. The van der Waals surface area contributed by atoms with Crippen molar-refractivity contribution in [3.8, 4) is 0 Å². The molecule has 242 valence electrons. The second kappa shape index (κ2) is 15.6. The summed E-state index contributed by atoms with van der Waals surface area (Å²) in [5.41, 5.74) is 3.31. The van der Waals surface area contributed by atoms with Crippen LogP contribution in [0.15, 0.2) is 102 Å². The minimum absolute atomic E-state index is 0.0398. The van der Waals surface area contributed by atoms with Crippen LogP contribution in [0.3, 0.4) is 0 Å². The normalized spacial score (nSPS) is 12.7. The van der Waals surface area contributed by atoms with Gasteiger partial charge in [0, 0.05) is 34.6 Å². The van der Waals surface area contributed by atoms with Gasteiger partial charge >= 0.3 is 0 Å². The Bertz CT molecular complexity index is 1730. The van der Waals surface area contributed by atoms with E-state index >= 15 is 0 Å². The van der Waals surface area contributed by atoms with E-state index in [-0.39, 0.29) is 29.8 Å². The Morgan fingerprint density at radius 2 is 1.39 bits per heavy atom. The molecule has 4 aromatic rings. The lowest BCUT2D eigenvalue weighted by atomic mass is 10.0. The van der Waals surface area contributed by atoms with Gasteiger partial charge in [0.15, 0.2) is 0 Å². The van der Waals surface area contributed by atoms with E-state index in [1.54, 1.807) is 48.5 Å². The first-order chi connectivity index (χ1) is 21.9. The first-order valence-electron chi connectivity index (χ1n) is 15.1. The largest absolute Gasteiger partial charge is 0.352 e. The van der Waals surface area contributed by atoms with E-state index in [4.69, 9.17) is 23.2 Å². The summed E-state index contributed by atoms with van der Waals surface area (Å²) < 4.78 is 29.5. The highest BCUT2D eigenvalue weighted by molar-refractivity contribution is 7.92. The number of benzene rings is 4. The molecule has 0 bridgehead atoms. The van der Waals surface area contributed by atoms with Gasteiger partial charge in [0.25, 0.3) is 10.0 Å². The summed E-state index contributed by atoms with van der Waals surface area (Å²) in [6, 6.07) is 26.6. The van der Waals surface area contributed by atoms with Gasteiger partial charge in [0.2, 0.25) is 11.8 Å². The summed E-state index contributed by atoms with van der Waals surface area (Å²) in [7, 11) is -4.20. The van der Waals surface area contributed by atoms with Gasteiger partial charge in [-0.1, -0.05) is 90.8 Å². The molecule has 4 aromatic carbocycles. The van der Waals surface area contributed by atoms with Gasteiger partial charge < -0.3 is 10.2 Å². The molecule has 0 heterocycles. The maximum absolute atomic E-state index is 14.6. The molecule has 0 fully saturated rings. The molecule has 0 spiro atoms. The molecule has 46 heavy (non-hydrogen) atoms. The van der Waals surface area contributed by atoms with Gasteiger partial charge in [0.1, 0.15) is 12.6 Å². The molecule has 4 rings (SSSR count). The number of carbonyl (C=O) groups is 2. The summed E-state index contributed by atoms with van der Waals surface area (Å²) in [4.78, 5) is 30.1. The van der Waals surface area contributed by atoms with Crippen LogP contribution in [0.5, 0.6) is 0 Å². The first-order valence-corrected chi connectivity index (χ1v) is 17.3. The second-order valence-corrected chi connectivity index (χ2v) is 14.1. The number of nitrogens with zero attached hydrogens (tertiary/aromatic N) is 2. The van der Waals surface area contributed by atoms with Crippen LogP contribution in [-0.4, -0.2) is 43.8 Å². The topological polar surface area (TPSA) is 86.8 Å². The lowest BCUT2D eigenvalue weighted by molar-refractivity contribution is -0.140. The van der Waals surface area contributed by atoms with Crippen LogP contribution < -0.4 is 9.62 Å². The van der Waals surface area contributed by atoms with Crippen LogP contribution in [0.4, 0.5) is 5.69 Å². The van der Waals surface area contributed by atoms with Gasteiger partial charge in [-0.05, 0) is 80.3 Å². The van der Waals surface area contributed by atoms with E-state index in [9.17, 15) is 18.0 Å². The molecule has 2 amide bonds. The van der Waals surface area contributed by atoms with Crippen molar-refractivity contribution < 1.29 is 18.0 Å². The molecule has 0 radical (unpaired) electrons. The number of amides is 2. The Hall–Kier alpha value is -3.85. The van der Waals surface area contributed by atoms with Gasteiger partial charge in [-0.2, -0.15) is 0 Å². The van der Waals surface area contributed by atoms with Crippen LogP contribution in [0.2, 0.25) is 10.0 Å². The minimum Gasteiger partial charge on any atom is -0.352 e. The minimum atomic E-state index is -4.20. The smallest absolute Gasteiger partial charge is 0.264 e. The van der Waals surface area contributed by atoms with E-state index in [2.05, 4.69) is 5.32 Å². The van der Waals surface area contributed by atoms with Crippen molar-refractivity contribution in [1.29, 1.82) is 0 Å². The maximum Gasteiger partial charge on any atom is 0.264 e. The Labute approximate surface area is 282 Å². The predicted octanol–water partition coefficient (Wildman–Crippen LogP) is 7.36. The number of rotatable bonds is 13. The van der Waals surface area contributed by atoms with E-state index in [0.29, 0.717) is 27.7 Å². The number of hydrogen-bond acceptors (Lipinski definition) is 4. The Balaban J connectivity index is 1.86. The van der Waals surface area contributed by atoms with Crippen molar-refractivity contribution >= 4 is 50.7 Å². The van der Waals surface area contributed by atoms with E-state index in [1.807, 2.05) is 64.1 Å². The molecule has 7 nitrogen and oxygen atoms in total. The summed E-state index contributed by atoms with van der Waals surface area (Å²) in [5.74, 6) is -0.950. The fourth-order valence-corrected chi connectivity index (χ4v) is 7.13. The molecule has 0 aliphatic heterocycles. The van der Waals surface area contributed by atoms with Crippen LogP contribution in [0, 0.1) is 13.8 Å². The van der Waals surface area contributed by atoms with Crippen molar-refractivity contribution in [2.45, 2.75) is 64.1 Å². The Morgan fingerprint density at radius 3 is 1.96 bits per heavy atom. The number of sulfonamides is 1. The lowest BCUT2D eigenvalue weighted by Gasteiger charge is -2.34. The summed E-state index contributed by atoms with van der Waals surface area (Å²) in [5, 5.41) is 3.68. The number of nitrogens with one attached hydrogen (secondary N) is 1. The van der Waals surface area contributed by atoms with Gasteiger partial charge in [-0.15, -0.1) is 0 Å². The first kappa shape index (κ1) is 35.0. The highest BCUT2D eigenvalue weighted by Crippen LogP contribution is 2.30. The molecule has 0 aliphatic rings. The SMILES string of the molecule is CC[C@@H](C)NC(=O)[C@H](Cc1ccccc1)N(Cc1c(Cl)cccc1Cl)C(=O)CN(c1cc(C)cc(C)c1)S(=O)(=O)c1ccccc1. The number of halogens is 2. The molecule has 0 unspecified atom stereocenters. The zero-order valence-corrected chi connectivity index (χ0v) is 28.7. The molecule has 0 aromatic heterocycles. The number of anilines is 1. The number of carbonyl (C=O) groups excluding carboxylic acids is 2. The van der Waals surface area contributed by atoms with E-state index in [1.165, 1.54) is 17.0 Å². The van der Waals surface area contributed by atoms with Crippen molar-refractivity contribution in [3.05, 3.63) is 129 Å². The molecule has 1 N–H and O–H groups in total. The molecular weight excluding hydrogens is 641 g/mol. The molecule has 0 saturated heterocycles. The fourth-order valence-electron chi connectivity index (χ4n) is 5.19. The molecule has 0 aliphatic carbocycles. The van der Waals surface area contributed by atoms with E-state index < -0.39 is 28.5 Å². The Morgan fingerprint density at radius 1 is 0.826 bits per heavy atom. The summed E-state index contributed by atoms with van der Waals surface area (Å²) in [6.07, 6.45) is 0.871. The molecular formula is C36H39Cl2N3O4S. The van der Waals surface area contributed by atoms with Crippen molar-refractivity contribution in [2.75, 3.05) is 10.8 Å². The van der Waals surface area contributed by atoms with Crippen LogP contribution in [0.25, 0.3) is 0 Å². The van der Waals surface area contributed by atoms with Crippen molar-refractivity contribution in [1.82, 2.24) is 10.2 Å². The Kier molecular flexibility index (Phi) is 11.9. The second-order valence-electron chi connectivity index (χ2n) is 11.4. The quantitative estimate of drug-likeness (QED) is 0.160. The maximum atomic E-state index is 14.6. The number of hydrogen-bond donors (Lipinski definition) is 1. The van der Waals surface area contributed by atoms with E-state index in [0.717, 1.165) is 21.0 Å². The highest BCUT2D eigenvalue weighted by Gasteiger charge is 2.35. The third-order valence-electron chi connectivity index (χ3n) is 7.77.